The first kappa shape index (κ1) is 24.5. The van der Waals surface area contributed by atoms with Gasteiger partial charge in [-0.25, -0.2) is 9.97 Å². The zero-order valence-corrected chi connectivity index (χ0v) is 21.4. The van der Waals surface area contributed by atoms with Crippen molar-refractivity contribution in [3.8, 4) is 0 Å². The van der Waals surface area contributed by atoms with Crippen molar-refractivity contribution in [3.05, 3.63) is 83.7 Å². The molecule has 188 valence electrons. The van der Waals surface area contributed by atoms with Gasteiger partial charge in [0, 0.05) is 0 Å². The molecule has 1 saturated heterocycles. The number of benzene rings is 2. The molecule has 4 aromatic rings. The predicted octanol–water partition coefficient (Wildman–Crippen LogP) is 1.32. The van der Waals surface area contributed by atoms with Crippen molar-refractivity contribution in [3.63, 3.8) is 0 Å². The van der Waals surface area contributed by atoms with Crippen LogP contribution in [-0.4, -0.2) is 63.0 Å². The van der Waals surface area contributed by atoms with Gasteiger partial charge in [-0.1, -0.05) is 81.4 Å². The van der Waals surface area contributed by atoms with Gasteiger partial charge in [0.15, 0.2) is 17.4 Å². The number of rotatable bonds is 6. The van der Waals surface area contributed by atoms with Gasteiger partial charge in [-0.15, -0.1) is 0 Å². The number of nitrogens with zero attached hydrogens (tertiary/aromatic N) is 3. The third-order valence-electron chi connectivity index (χ3n) is 6.86. The molecular formula is C26H30N4O5Si. The Hall–Kier alpha value is -3.15. The molecule has 4 atom stereocenters. The number of aromatic nitrogens is 4. The summed E-state index contributed by atoms with van der Waals surface area (Å²) in [5.74, 6) is 0. The number of H-pyrrole nitrogens is 1. The fourth-order valence-corrected chi connectivity index (χ4v) is 9.68. The van der Waals surface area contributed by atoms with E-state index < -0.39 is 38.4 Å². The van der Waals surface area contributed by atoms with Crippen molar-refractivity contribution in [1.29, 1.82) is 0 Å². The lowest BCUT2D eigenvalue weighted by molar-refractivity contribution is -0.0486. The maximum Gasteiger partial charge on any atom is 0.278 e. The Balaban J connectivity index is 1.48. The van der Waals surface area contributed by atoms with Crippen LogP contribution in [0.25, 0.3) is 11.2 Å². The number of nitrogens with one attached hydrogen (secondary N) is 1. The fraction of sp³-hybridized carbons (Fsp3) is 0.346. The monoisotopic (exact) mass is 506 g/mol. The van der Waals surface area contributed by atoms with E-state index in [2.05, 4.69) is 60.0 Å². The summed E-state index contributed by atoms with van der Waals surface area (Å²) in [6.45, 7) is 6.58. The lowest BCUT2D eigenvalue weighted by Gasteiger charge is -2.43. The summed E-state index contributed by atoms with van der Waals surface area (Å²) in [6.07, 6.45) is -1.56. The average molecular weight is 507 g/mol. The predicted molar refractivity (Wildman–Crippen MR) is 138 cm³/mol. The summed E-state index contributed by atoms with van der Waals surface area (Å²) in [5, 5.41) is 23.8. The van der Waals surface area contributed by atoms with Crippen LogP contribution in [0.4, 0.5) is 0 Å². The van der Waals surface area contributed by atoms with Crippen LogP contribution in [-0.2, 0) is 9.16 Å². The van der Waals surface area contributed by atoms with Crippen LogP contribution >= 0.6 is 0 Å². The van der Waals surface area contributed by atoms with Gasteiger partial charge in [0.2, 0.25) is 0 Å². The van der Waals surface area contributed by atoms with E-state index in [4.69, 9.17) is 9.16 Å². The zero-order chi connectivity index (χ0) is 25.5. The highest BCUT2D eigenvalue weighted by atomic mass is 28.4. The van der Waals surface area contributed by atoms with Gasteiger partial charge in [-0.2, -0.15) is 0 Å². The normalized spacial score (nSPS) is 22.8. The molecule has 0 saturated carbocycles. The van der Waals surface area contributed by atoms with Crippen molar-refractivity contribution in [2.45, 2.75) is 50.3 Å². The highest BCUT2D eigenvalue weighted by Gasteiger charge is 2.52. The Labute approximate surface area is 209 Å². The number of hydrogen-bond acceptors (Lipinski definition) is 7. The maximum absolute atomic E-state index is 12.1. The molecule has 3 N–H and O–H groups in total. The van der Waals surface area contributed by atoms with Crippen molar-refractivity contribution >= 4 is 29.9 Å². The molecule has 9 nitrogen and oxygen atoms in total. The number of imidazole rings is 1. The smallest absolute Gasteiger partial charge is 0.278 e. The third-order valence-corrected chi connectivity index (χ3v) is 11.9. The minimum atomic E-state index is -2.86. The Morgan fingerprint density at radius 2 is 1.61 bits per heavy atom. The molecular weight excluding hydrogens is 476 g/mol. The van der Waals surface area contributed by atoms with Gasteiger partial charge in [0.05, 0.1) is 19.3 Å². The molecule has 0 amide bonds. The number of hydrogen-bond donors (Lipinski definition) is 3. The van der Waals surface area contributed by atoms with Gasteiger partial charge in [-0.3, -0.25) is 9.36 Å². The molecule has 36 heavy (non-hydrogen) atoms. The van der Waals surface area contributed by atoms with E-state index in [0.29, 0.717) is 0 Å². The molecule has 0 spiro atoms. The van der Waals surface area contributed by atoms with Gasteiger partial charge in [0.25, 0.3) is 13.9 Å². The first-order chi connectivity index (χ1) is 17.2. The van der Waals surface area contributed by atoms with E-state index in [1.54, 1.807) is 0 Å². The molecule has 2 aromatic heterocycles. The van der Waals surface area contributed by atoms with Crippen LogP contribution < -0.4 is 15.9 Å². The van der Waals surface area contributed by atoms with Crippen LogP contribution in [0.15, 0.2) is 78.1 Å². The summed E-state index contributed by atoms with van der Waals surface area (Å²) >= 11 is 0. The topological polar surface area (TPSA) is 122 Å². The molecule has 0 unspecified atom stereocenters. The quantitative estimate of drug-likeness (QED) is 0.337. The second-order valence-corrected chi connectivity index (χ2v) is 14.4. The van der Waals surface area contributed by atoms with Gasteiger partial charge in [0.1, 0.15) is 18.3 Å². The lowest BCUT2D eigenvalue weighted by atomic mass is 10.1. The van der Waals surface area contributed by atoms with Crippen LogP contribution in [0.5, 0.6) is 0 Å². The van der Waals surface area contributed by atoms with Gasteiger partial charge in [-0.05, 0) is 15.4 Å². The lowest BCUT2D eigenvalue weighted by Crippen LogP contribution is -2.67. The van der Waals surface area contributed by atoms with Crippen LogP contribution in [0.3, 0.4) is 0 Å². The van der Waals surface area contributed by atoms with Crippen molar-refractivity contribution in [2.24, 2.45) is 0 Å². The largest absolute Gasteiger partial charge is 0.405 e. The molecule has 1 aliphatic rings. The summed E-state index contributed by atoms with van der Waals surface area (Å²) < 4.78 is 14.5. The Bertz CT molecular complexity index is 1350. The van der Waals surface area contributed by atoms with E-state index in [1.165, 1.54) is 17.2 Å². The van der Waals surface area contributed by atoms with Crippen LogP contribution in [0.2, 0.25) is 5.04 Å². The number of aromatic amines is 1. The van der Waals surface area contributed by atoms with Crippen molar-refractivity contribution in [2.75, 3.05) is 6.61 Å². The maximum atomic E-state index is 12.1. The van der Waals surface area contributed by atoms with E-state index in [0.717, 1.165) is 10.4 Å². The van der Waals surface area contributed by atoms with E-state index >= 15 is 0 Å². The van der Waals surface area contributed by atoms with Crippen molar-refractivity contribution in [1.82, 2.24) is 19.5 Å². The van der Waals surface area contributed by atoms with Gasteiger partial charge >= 0.3 is 0 Å². The zero-order valence-electron chi connectivity index (χ0n) is 20.4. The van der Waals surface area contributed by atoms with Crippen LogP contribution in [0.1, 0.15) is 27.0 Å². The van der Waals surface area contributed by atoms with Gasteiger partial charge < -0.3 is 24.4 Å². The molecule has 0 radical (unpaired) electrons. The molecule has 3 heterocycles. The Morgan fingerprint density at radius 1 is 1.00 bits per heavy atom. The molecule has 10 heteroatoms. The average Bonchev–Trinajstić information content (AvgIpc) is 3.42. The number of aliphatic hydroxyl groups excluding tert-OH is 2. The molecule has 5 rings (SSSR count). The first-order valence-electron chi connectivity index (χ1n) is 11.9. The van der Waals surface area contributed by atoms with Crippen molar-refractivity contribution < 1.29 is 19.4 Å². The summed E-state index contributed by atoms with van der Waals surface area (Å²) in [6, 6.07) is 20.4. The fourth-order valence-electron chi connectivity index (χ4n) is 5.11. The highest BCUT2D eigenvalue weighted by molar-refractivity contribution is 6.99. The molecule has 0 aliphatic carbocycles. The first-order valence-corrected chi connectivity index (χ1v) is 13.8. The number of ether oxygens (including phenoxy) is 1. The van der Waals surface area contributed by atoms with E-state index in [-0.39, 0.29) is 22.8 Å². The molecule has 1 fully saturated rings. The van der Waals surface area contributed by atoms with E-state index in [1.807, 2.05) is 36.4 Å². The molecule has 1 aliphatic heterocycles. The van der Waals surface area contributed by atoms with Crippen LogP contribution in [0, 0.1) is 0 Å². The summed E-state index contributed by atoms with van der Waals surface area (Å²) in [4.78, 5) is 22.8. The third kappa shape index (κ3) is 4.00. The Morgan fingerprint density at radius 3 is 2.19 bits per heavy atom. The highest BCUT2D eigenvalue weighted by Crippen LogP contribution is 2.38. The minimum absolute atomic E-state index is 0.0721. The number of aliphatic hydroxyl groups is 2. The summed E-state index contributed by atoms with van der Waals surface area (Å²) in [7, 11) is -2.86. The Kier molecular flexibility index (Phi) is 6.39. The SMILES string of the molecule is CC(C)(C)[Si](OC[C@H]1O[C@@H](n2cnc3c(=O)[nH]cnc32)[C@H](O)[C@@H]1O)(c1ccccc1)c1ccccc1. The van der Waals surface area contributed by atoms with E-state index in [9.17, 15) is 15.0 Å². The standard InChI is InChI=1S/C26H30N4O5Si/c1-26(2,3)36(17-10-6-4-7-11-17,18-12-8-5-9-13-18)34-14-19-21(31)22(32)25(35-19)30-16-29-20-23(30)27-15-28-24(20)33/h4-13,15-16,19,21-22,25,31-32H,14H2,1-3H3,(H,27,28,33)/t19-,21-,22-,25-/m1/s1. The minimum Gasteiger partial charge on any atom is -0.405 e. The molecule has 2 aromatic carbocycles. The second-order valence-electron chi connectivity index (χ2n) is 10.1. The summed E-state index contributed by atoms with van der Waals surface area (Å²) in [5.41, 5.74) is 0.0108. The number of fused-ring (bicyclic) bond motifs is 1. The molecule has 0 bridgehead atoms. The second kappa shape index (κ2) is 9.38.